The maximum atomic E-state index is 12.9. The Morgan fingerprint density at radius 1 is 1.14 bits per heavy atom. The van der Waals surface area contributed by atoms with Crippen LogP contribution in [0.2, 0.25) is 0 Å². The molecule has 3 aliphatic rings. The Balaban J connectivity index is 1.40. The van der Waals surface area contributed by atoms with Crippen LogP contribution in [-0.2, 0) is 20.8 Å². The average Bonchev–Trinajstić information content (AvgIpc) is 3.27. The number of alkyl halides is 2. The molecule has 5 nitrogen and oxygen atoms in total. The highest BCUT2D eigenvalue weighted by Crippen LogP contribution is 2.60. The Bertz CT molecular complexity index is 814. The number of benzene rings is 1. The largest absolute Gasteiger partial charge is 0.326 e. The van der Waals surface area contributed by atoms with Crippen molar-refractivity contribution in [3.63, 3.8) is 0 Å². The maximum Gasteiger partial charge on any atom is 0.233 e. The number of hydrogen-bond donors (Lipinski definition) is 1. The quantitative estimate of drug-likeness (QED) is 0.424. The van der Waals surface area contributed by atoms with E-state index in [1.54, 1.807) is 0 Å². The number of amides is 3. The van der Waals surface area contributed by atoms with Crippen LogP contribution in [0.15, 0.2) is 22.7 Å². The number of fused-ring (bicyclic) bond motifs is 5. The molecule has 3 fully saturated rings. The van der Waals surface area contributed by atoms with Crippen molar-refractivity contribution in [1.29, 1.82) is 0 Å². The van der Waals surface area contributed by atoms with Crippen LogP contribution in [-0.4, -0.2) is 38.8 Å². The number of nitrogens with zero attached hydrogens (tertiary/aromatic N) is 1. The number of anilines is 1. The van der Waals surface area contributed by atoms with Crippen molar-refractivity contribution in [2.24, 2.45) is 23.7 Å². The Hall–Kier alpha value is -0.730. The summed E-state index contributed by atoms with van der Waals surface area (Å²) in [5.41, 5.74) is 1.81. The number of likely N-dealkylation sites (tertiary alicyclic amines) is 1. The summed E-state index contributed by atoms with van der Waals surface area (Å²) in [4.78, 5) is 40.0. The number of imide groups is 1. The van der Waals surface area contributed by atoms with Gasteiger partial charge in [0, 0.05) is 32.8 Å². The molecule has 1 heterocycles. The van der Waals surface area contributed by atoms with Crippen LogP contribution >= 0.6 is 47.8 Å². The molecule has 0 unspecified atom stereocenters. The number of rotatable bonds is 5. The van der Waals surface area contributed by atoms with Gasteiger partial charge in [0.1, 0.15) is 0 Å². The van der Waals surface area contributed by atoms with Crippen LogP contribution < -0.4 is 5.32 Å². The van der Waals surface area contributed by atoms with Crippen molar-refractivity contribution in [2.75, 3.05) is 11.9 Å². The fourth-order valence-electron chi connectivity index (χ4n) is 5.03. The van der Waals surface area contributed by atoms with E-state index in [0.717, 1.165) is 28.6 Å². The lowest BCUT2D eigenvalue weighted by atomic mass is 9.81. The third-order valence-corrected chi connectivity index (χ3v) is 10.1. The van der Waals surface area contributed by atoms with Crippen molar-refractivity contribution in [3.8, 4) is 0 Å². The summed E-state index contributed by atoms with van der Waals surface area (Å²) in [5.74, 6) is -0.439. The minimum atomic E-state index is -0.225. The van der Waals surface area contributed by atoms with E-state index in [1.807, 2.05) is 25.1 Å². The molecule has 8 heteroatoms. The smallest absolute Gasteiger partial charge is 0.233 e. The number of carbonyl (C=O) groups is 3. The molecule has 1 aromatic carbocycles. The minimum Gasteiger partial charge on any atom is -0.326 e. The van der Waals surface area contributed by atoms with Gasteiger partial charge >= 0.3 is 0 Å². The second-order valence-electron chi connectivity index (χ2n) is 7.79. The third-order valence-electron chi connectivity index (χ3n) is 6.36. The van der Waals surface area contributed by atoms with Crippen molar-refractivity contribution in [1.82, 2.24) is 4.90 Å². The summed E-state index contributed by atoms with van der Waals surface area (Å²) in [6.45, 7) is 2.17. The summed E-state index contributed by atoms with van der Waals surface area (Å²) in [7, 11) is 0. The van der Waals surface area contributed by atoms with Gasteiger partial charge in [0.25, 0.3) is 0 Å². The van der Waals surface area contributed by atoms with E-state index in [4.69, 9.17) is 0 Å². The van der Waals surface area contributed by atoms with Gasteiger partial charge in [-0.1, -0.05) is 54.7 Å². The van der Waals surface area contributed by atoms with E-state index in [2.05, 4.69) is 53.1 Å². The monoisotopic (exact) mass is 574 g/mol. The molecule has 2 aliphatic carbocycles. The van der Waals surface area contributed by atoms with Crippen molar-refractivity contribution >= 4 is 71.2 Å². The predicted molar refractivity (Wildman–Crippen MR) is 117 cm³/mol. The first-order valence-electron chi connectivity index (χ1n) is 9.55. The highest BCUT2D eigenvalue weighted by Gasteiger charge is 2.66. The van der Waals surface area contributed by atoms with Gasteiger partial charge in [-0.3, -0.25) is 19.3 Å². The molecule has 0 spiro atoms. The zero-order valence-electron chi connectivity index (χ0n) is 15.3. The molecule has 2 bridgehead atoms. The van der Waals surface area contributed by atoms with Gasteiger partial charge in [-0.2, -0.15) is 0 Å². The van der Waals surface area contributed by atoms with Gasteiger partial charge in [0.05, 0.1) is 11.8 Å². The van der Waals surface area contributed by atoms with Crippen LogP contribution in [0.5, 0.6) is 0 Å². The summed E-state index contributed by atoms with van der Waals surface area (Å²) < 4.78 is 0.965. The van der Waals surface area contributed by atoms with Crippen LogP contribution in [0.3, 0.4) is 0 Å². The molecule has 1 N–H and O–H groups in total. The molecule has 28 heavy (non-hydrogen) atoms. The molecule has 4 rings (SSSR count). The molecule has 1 saturated heterocycles. The zero-order chi connectivity index (χ0) is 20.2. The molecule has 0 radical (unpaired) electrons. The van der Waals surface area contributed by atoms with E-state index < -0.39 is 0 Å². The Kier molecular flexibility index (Phi) is 5.75. The molecule has 3 amide bonds. The van der Waals surface area contributed by atoms with Crippen LogP contribution in [0.4, 0.5) is 5.69 Å². The summed E-state index contributed by atoms with van der Waals surface area (Å²) in [6, 6.07) is 5.72. The standard InChI is InChI=1S/C20H21Br3N2O3/c1-2-9-7-10(21)3-4-13(9)24-14(26)5-6-25-19(27)15-11-8-12(16(15)20(25)28)18(23)17(11)22/h3-4,7,11-12,15-18H,2,5-6,8H2,1H3,(H,24,26)/t11-,12-,15-,16+,17+,18+/m1/s1. The van der Waals surface area contributed by atoms with Crippen LogP contribution in [0.1, 0.15) is 25.3 Å². The zero-order valence-corrected chi connectivity index (χ0v) is 20.1. The minimum absolute atomic E-state index is 0.1000. The number of hydrogen-bond acceptors (Lipinski definition) is 3. The van der Waals surface area contributed by atoms with E-state index >= 15 is 0 Å². The number of nitrogens with one attached hydrogen (secondary N) is 1. The van der Waals surface area contributed by atoms with Crippen LogP contribution in [0, 0.1) is 23.7 Å². The molecule has 1 aliphatic heterocycles. The van der Waals surface area contributed by atoms with Crippen molar-refractivity contribution in [3.05, 3.63) is 28.2 Å². The lowest BCUT2D eigenvalue weighted by molar-refractivity contribution is -0.140. The van der Waals surface area contributed by atoms with Gasteiger partial charge in [0.15, 0.2) is 0 Å². The van der Waals surface area contributed by atoms with Gasteiger partial charge in [-0.25, -0.2) is 0 Å². The molecule has 150 valence electrons. The maximum absolute atomic E-state index is 12.9. The summed E-state index contributed by atoms with van der Waals surface area (Å²) in [5, 5.41) is 2.91. The fraction of sp³-hybridized carbons (Fsp3) is 0.550. The van der Waals surface area contributed by atoms with Crippen molar-refractivity contribution in [2.45, 2.75) is 35.8 Å². The van der Waals surface area contributed by atoms with Gasteiger partial charge in [-0.05, 0) is 48.4 Å². The predicted octanol–water partition coefficient (Wildman–Crippen LogP) is 4.12. The second kappa shape index (κ2) is 7.84. The van der Waals surface area contributed by atoms with Gasteiger partial charge in [-0.15, -0.1) is 0 Å². The van der Waals surface area contributed by atoms with E-state index in [1.165, 1.54) is 4.90 Å². The molecule has 2 saturated carbocycles. The molecular weight excluding hydrogens is 556 g/mol. The molecule has 1 aromatic rings. The van der Waals surface area contributed by atoms with E-state index in [9.17, 15) is 14.4 Å². The Labute approximate surface area is 189 Å². The summed E-state index contributed by atoms with van der Waals surface area (Å²) >= 11 is 10.8. The van der Waals surface area contributed by atoms with E-state index in [0.29, 0.717) is 0 Å². The van der Waals surface area contributed by atoms with Crippen LogP contribution in [0.25, 0.3) is 0 Å². The fourth-order valence-corrected chi connectivity index (χ4v) is 7.32. The summed E-state index contributed by atoms with van der Waals surface area (Å²) in [6.07, 6.45) is 1.82. The third kappa shape index (κ3) is 3.29. The first kappa shape index (κ1) is 20.5. The number of carbonyl (C=O) groups excluding carboxylic acids is 3. The first-order chi connectivity index (χ1) is 13.3. The van der Waals surface area contributed by atoms with Gasteiger partial charge in [0.2, 0.25) is 17.7 Å². The highest BCUT2D eigenvalue weighted by atomic mass is 79.9. The average molecular weight is 577 g/mol. The number of aryl methyl sites for hydroxylation is 1. The molecule has 0 aromatic heterocycles. The van der Waals surface area contributed by atoms with Crippen molar-refractivity contribution < 1.29 is 14.4 Å². The topological polar surface area (TPSA) is 66.5 Å². The Morgan fingerprint density at radius 3 is 2.32 bits per heavy atom. The first-order valence-corrected chi connectivity index (χ1v) is 12.2. The van der Waals surface area contributed by atoms with Gasteiger partial charge < -0.3 is 5.32 Å². The number of halogens is 3. The Morgan fingerprint density at radius 2 is 1.75 bits per heavy atom. The molecular formula is C20H21Br3N2O3. The lowest BCUT2D eigenvalue weighted by Crippen LogP contribution is -2.37. The normalized spacial score (nSPS) is 33.5. The molecule has 6 atom stereocenters. The van der Waals surface area contributed by atoms with E-state index in [-0.39, 0.29) is 64.0 Å². The lowest BCUT2D eigenvalue weighted by Gasteiger charge is -2.28. The SMILES string of the molecule is CCc1cc(Br)ccc1NC(=O)CCN1C(=O)[C@@H]2[C@H]3C[C@@H]([C@H](Br)[C@H]3Br)[C@@H]2C1=O. The second-order valence-corrected chi connectivity index (χ2v) is 10.8. The highest BCUT2D eigenvalue weighted by molar-refractivity contribution is 9.12.